The van der Waals surface area contributed by atoms with Crippen LogP contribution in [0.2, 0.25) is 0 Å². The van der Waals surface area contributed by atoms with Crippen LogP contribution in [0.25, 0.3) is 103 Å². The van der Waals surface area contributed by atoms with Gasteiger partial charge in [-0.05, 0) is 263 Å². The first-order valence-electron chi connectivity index (χ1n) is 52.8. The summed E-state index contributed by atoms with van der Waals surface area (Å²) in [6.07, 6.45) is 51.0. The van der Waals surface area contributed by atoms with Crippen molar-refractivity contribution < 1.29 is 23.9 Å². The molecule has 0 bridgehead atoms. The van der Waals surface area contributed by atoms with Gasteiger partial charge in [-0.25, -0.2) is 0 Å². The maximum atomic E-state index is 15.2. The Morgan fingerprint density at radius 2 is 0.664 bits per heavy atom. The third-order valence-electron chi connectivity index (χ3n) is 27.8. The third-order valence-corrected chi connectivity index (χ3v) is 38.1. The molecule has 9 nitrogen and oxygen atoms in total. The minimum absolute atomic E-state index is 0.00951. The van der Waals surface area contributed by atoms with Crippen LogP contribution in [0.5, 0.6) is 11.5 Å². The van der Waals surface area contributed by atoms with E-state index in [1.807, 2.05) is 117 Å². The summed E-state index contributed by atoms with van der Waals surface area (Å²) in [6, 6.07) is 55.0. The summed E-state index contributed by atoms with van der Waals surface area (Å²) in [6.45, 7) is 28.1. The van der Waals surface area contributed by atoms with E-state index in [4.69, 9.17) is 19.7 Å². The molecule has 2 aliphatic rings. The number of fused-ring (bicyclic) bond motifs is 1. The highest BCUT2D eigenvalue weighted by atomic mass is 32.1. The fraction of sp³-hybridized carbons (Fsp3) is 0.475. The van der Waals surface area contributed by atoms with E-state index in [0.29, 0.717) is 28.8 Å². The van der Waals surface area contributed by atoms with Gasteiger partial charge in [0.25, 0.3) is 11.8 Å². The largest absolute Gasteiger partial charge is 0.493 e. The van der Waals surface area contributed by atoms with E-state index in [9.17, 15) is 9.59 Å². The molecule has 0 aliphatic carbocycles. The quantitative estimate of drug-likeness (QED) is 0.0215. The number of benzene rings is 4. The van der Waals surface area contributed by atoms with Gasteiger partial charge >= 0.3 is 0 Å². The van der Waals surface area contributed by atoms with E-state index in [0.717, 1.165) is 174 Å². The van der Waals surface area contributed by atoms with Gasteiger partial charge in [-0.3, -0.25) is 14.4 Å². The molecular formula is C120H150N4O5S8. The molecule has 728 valence electrons. The first kappa shape index (κ1) is 105. The van der Waals surface area contributed by atoms with Crippen LogP contribution in [0.1, 0.15) is 356 Å². The smallest absolute Gasteiger partial charge is 0.280 e. The maximum Gasteiger partial charge on any atom is 0.280 e. The Bertz CT molecular complexity index is 5620. The number of carbonyl (C=O) groups excluding carboxylic acids is 3. The van der Waals surface area contributed by atoms with Crippen molar-refractivity contribution in [2.45, 2.75) is 340 Å². The molecule has 3 atom stereocenters. The number of aryl methyl sites for hydroxylation is 4. The zero-order chi connectivity index (χ0) is 95.9. The van der Waals surface area contributed by atoms with E-state index in [1.54, 1.807) is 21.4 Å². The molecule has 0 radical (unpaired) electrons. The van der Waals surface area contributed by atoms with Crippen molar-refractivity contribution in [3.63, 3.8) is 0 Å². The number of amides is 2. The number of carbonyl (C=O) groups is 3. The Balaban J connectivity index is 0.775. The van der Waals surface area contributed by atoms with E-state index in [1.165, 1.54) is 258 Å². The van der Waals surface area contributed by atoms with Crippen LogP contribution in [-0.4, -0.2) is 42.2 Å². The second-order valence-electron chi connectivity index (χ2n) is 38.4. The summed E-state index contributed by atoms with van der Waals surface area (Å²) in [4.78, 5) is 63.3. The fourth-order valence-electron chi connectivity index (χ4n) is 19.1. The van der Waals surface area contributed by atoms with E-state index in [-0.39, 0.29) is 17.7 Å². The van der Waals surface area contributed by atoms with Gasteiger partial charge in [0.05, 0.1) is 66.5 Å². The number of rotatable bonds is 60. The number of hydrogen-bond acceptors (Lipinski definition) is 15. The first-order valence-corrected chi connectivity index (χ1v) is 59.3. The van der Waals surface area contributed by atoms with Crippen LogP contribution < -0.4 is 19.5 Å². The predicted molar refractivity (Wildman–Crippen MR) is 604 cm³/mol. The SMILES string of the molecule is CCCCCCCCc1cc(/C=C2/C(=O)N(c3ccc(-c4ccc(OCC(CC)CCCC)cc4)cc3)N=C2C)sc1-c1ccc(-c2sc(-c3sc(-c4cc(CCCCCCCC)c(-c5ccc(-c6sc(/C=C7/C(=O)N(c8ccc(-c9ccc(OCC(CC)CCCC)cc9)cc8)N=C7C)cc6CCCCCCCC)s5)s4)c4sc(C(=O)C(CC)CCCC)cc34)cc2CCCCCCCC)s1. The number of ether oxygens (including phenoxy) is 2. The molecule has 17 heteroatoms. The Labute approximate surface area is 852 Å². The zero-order valence-corrected chi connectivity index (χ0v) is 90.6. The molecule has 10 heterocycles. The van der Waals surface area contributed by atoms with Crippen molar-refractivity contribution in [2.75, 3.05) is 23.2 Å². The fourth-order valence-corrected chi connectivity index (χ4v) is 29.4. The highest BCUT2D eigenvalue weighted by Crippen LogP contribution is 2.56. The van der Waals surface area contributed by atoms with Crippen LogP contribution in [0, 0.1) is 17.8 Å². The molecule has 8 aromatic heterocycles. The summed E-state index contributed by atoms with van der Waals surface area (Å²) in [5.41, 5.74) is 14.1. The van der Waals surface area contributed by atoms with Crippen LogP contribution >= 0.6 is 90.7 Å². The summed E-state index contributed by atoms with van der Waals surface area (Å²) >= 11 is 15.1. The molecule has 2 amide bonds. The molecule has 0 fully saturated rings. The van der Waals surface area contributed by atoms with Crippen molar-refractivity contribution in [3.05, 3.63) is 200 Å². The van der Waals surface area contributed by atoms with Crippen molar-refractivity contribution in [2.24, 2.45) is 28.0 Å². The van der Waals surface area contributed by atoms with Crippen molar-refractivity contribution in [3.8, 4) is 92.3 Å². The topological polar surface area (TPSA) is 101 Å². The van der Waals surface area contributed by atoms with Crippen molar-refractivity contribution in [1.29, 1.82) is 0 Å². The van der Waals surface area contributed by atoms with Crippen LogP contribution in [0.15, 0.2) is 173 Å². The third kappa shape index (κ3) is 27.8. The predicted octanol–water partition coefficient (Wildman–Crippen LogP) is 39.5. The molecule has 4 aromatic carbocycles. The molecule has 2 aliphatic heterocycles. The molecule has 0 spiro atoms. The summed E-state index contributed by atoms with van der Waals surface area (Å²) < 4.78 is 13.8. The van der Waals surface area contributed by atoms with E-state index in [2.05, 4.69) is 209 Å². The zero-order valence-electron chi connectivity index (χ0n) is 84.1. The Morgan fingerprint density at radius 1 is 0.328 bits per heavy atom. The van der Waals surface area contributed by atoms with Gasteiger partial charge in [0.15, 0.2) is 5.78 Å². The summed E-state index contributed by atoms with van der Waals surface area (Å²) in [5, 5.41) is 14.2. The molecule has 14 rings (SSSR count). The Kier molecular flexibility index (Phi) is 40.9. The van der Waals surface area contributed by atoms with Gasteiger partial charge in [0, 0.05) is 69.8 Å². The molecule has 0 saturated carbocycles. The van der Waals surface area contributed by atoms with Crippen LogP contribution in [0.3, 0.4) is 0 Å². The van der Waals surface area contributed by atoms with Gasteiger partial charge in [0.2, 0.25) is 0 Å². The average molecular weight is 1990 g/mol. The molecule has 3 unspecified atom stereocenters. The van der Waals surface area contributed by atoms with Crippen LogP contribution in [0.4, 0.5) is 11.4 Å². The lowest BCUT2D eigenvalue weighted by Crippen LogP contribution is -2.21. The molecular weight excluding hydrogens is 1830 g/mol. The standard InChI is InChI=1S/C120H150N4O5S8/c1-13-23-30-34-38-42-49-91-73-99(77-101-82(11)121-123(119(101)126)95-61-53-87(54-62-95)89-57-65-97(66-58-89)128-80-84(20-8)46-27-17-5)130-112(91)104-69-71-106(132-104)114-93(51-44-40-36-32-25-15-3)75-109(135-114)116-103-79-108(111(125)86(22-10)48-29-19-7)134-117(103)118(137-116)110-76-94(52-45-41-37-33-26-16-4)115(136-110)107-72-70-105(133-107)113-92(50-43-39-35-31-24-14-2)74-100(131-113)78-102-83(12)122-124(120(102)127)96-63-55-88(56-64-96)90-59-67-98(68-60-90)129-81-85(21-9)47-28-18-6/h53-79,84-86H,13-52,80-81H2,1-12H3/b101-77+,102-78+. The molecule has 12 aromatic rings. The Hall–Kier alpha value is -8.23. The van der Waals surface area contributed by atoms with Crippen molar-refractivity contribution >= 4 is 153 Å². The lowest BCUT2D eigenvalue weighted by atomic mass is 9.94. The van der Waals surface area contributed by atoms with Gasteiger partial charge in [-0.1, -0.05) is 298 Å². The van der Waals surface area contributed by atoms with E-state index < -0.39 is 0 Å². The molecule has 0 N–H and O–H groups in total. The highest BCUT2D eigenvalue weighted by Gasteiger charge is 2.34. The number of thiophene rings is 8. The first-order chi connectivity index (χ1) is 67.1. The second-order valence-corrected chi connectivity index (χ2v) is 46.9. The Morgan fingerprint density at radius 3 is 1.03 bits per heavy atom. The second kappa shape index (κ2) is 53.6. The number of nitrogens with zero attached hydrogens (tertiary/aromatic N) is 4. The molecule has 137 heavy (non-hydrogen) atoms. The number of hydrazone groups is 2. The van der Waals surface area contributed by atoms with Crippen molar-refractivity contribution in [1.82, 2.24) is 0 Å². The van der Waals surface area contributed by atoms with Gasteiger partial charge < -0.3 is 9.47 Å². The lowest BCUT2D eigenvalue weighted by molar-refractivity contribution is -0.115. The minimum Gasteiger partial charge on any atom is -0.493 e. The number of unbranched alkanes of at least 4 members (excludes halogenated alkanes) is 23. The number of anilines is 2. The average Bonchev–Trinajstić information content (AvgIpc) is 1.58. The number of Topliss-reactive ketones (excluding diaryl/α,β-unsaturated/α-hetero) is 1. The highest BCUT2D eigenvalue weighted by molar-refractivity contribution is 7.35. The number of ketones is 1. The summed E-state index contributed by atoms with van der Waals surface area (Å²) in [5.74, 6) is 3.01. The van der Waals surface area contributed by atoms with Gasteiger partial charge in [-0.15, -0.1) is 90.7 Å². The normalized spacial score (nSPS) is 14.2. The van der Waals surface area contributed by atoms with E-state index >= 15 is 4.79 Å². The van der Waals surface area contributed by atoms with Gasteiger partial charge in [0.1, 0.15) is 11.5 Å². The maximum absolute atomic E-state index is 15.2. The monoisotopic (exact) mass is 1980 g/mol. The number of hydrogen-bond donors (Lipinski definition) is 0. The minimum atomic E-state index is -0.107. The summed E-state index contributed by atoms with van der Waals surface area (Å²) in [7, 11) is 0. The lowest BCUT2D eigenvalue weighted by Gasteiger charge is -2.16. The van der Waals surface area contributed by atoms with Gasteiger partial charge in [-0.2, -0.15) is 20.2 Å². The van der Waals surface area contributed by atoms with Crippen LogP contribution in [-0.2, 0) is 35.3 Å². The molecule has 0 saturated heterocycles.